The van der Waals surface area contributed by atoms with Gasteiger partial charge in [0.1, 0.15) is 0 Å². The minimum atomic E-state index is -1.39. The van der Waals surface area contributed by atoms with Crippen LogP contribution >= 0.6 is 11.3 Å². The summed E-state index contributed by atoms with van der Waals surface area (Å²) in [4.78, 5) is 25.6. The third-order valence-corrected chi connectivity index (χ3v) is 4.64. The van der Waals surface area contributed by atoms with E-state index in [1.807, 2.05) is 30.3 Å². The molecule has 0 saturated carbocycles. The Balaban J connectivity index is 2.31. The van der Waals surface area contributed by atoms with Crippen LogP contribution in [0.4, 0.5) is 10.5 Å². The molecule has 0 spiro atoms. The number of anilines is 1. The fraction of sp³-hybridized carbons (Fsp3) is 0.333. The molecule has 5 nitrogen and oxygen atoms in total. The van der Waals surface area contributed by atoms with Crippen molar-refractivity contribution in [2.45, 2.75) is 26.7 Å². The molecular formula is C18H21NO4S. The molecule has 0 saturated heterocycles. The van der Waals surface area contributed by atoms with Crippen LogP contribution in [0.3, 0.4) is 0 Å². The number of carbonyl (C=O) groups excluding carboxylic acids is 1. The van der Waals surface area contributed by atoms with Crippen molar-refractivity contribution < 1.29 is 19.4 Å². The largest absolute Gasteiger partial charge is 0.512 e. The molecule has 128 valence electrons. The summed E-state index contributed by atoms with van der Waals surface area (Å²) >= 11 is 1.21. The molecule has 24 heavy (non-hydrogen) atoms. The van der Waals surface area contributed by atoms with E-state index in [0.717, 1.165) is 16.9 Å². The second-order valence-corrected chi connectivity index (χ2v) is 6.92. The van der Waals surface area contributed by atoms with Crippen molar-refractivity contribution in [1.29, 1.82) is 0 Å². The van der Waals surface area contributed by atoms with Crippen molar-refractivity contribution in [3.63, 3.8) is 0 Å². The summed E-state index contributed by atoms with van der Waals surface area (Å²) in [6.45, 7) is 4.12. The monoisotopic (exact) mass is 347 g/mol. The first-order chi connectivity index (χ1) is 11.4. The summed E-state index contributed by atoms with van der Waals surface area (Å²) in [7, 11) is 1.65. The maximum atomic E-state index is 12.4. The predicted molar refractivity (Wildman–Crippen MR) is 95.9 cm³/mol. The lowest BCUT2D eigenvalue weighted by atomic mass is 10.1. The van der Waals surface area contributed by atoms with Crippen molar-refractivity contribution in [1.82, 2.24) is 0 Å². The first-order valence-corrected chi connectivity index (χ1v) is 8.56. The van der Waals surface area contributed by atoms with Gasteiger partial charge in [-0.1, -0.05) is 55.5 Å². The van der Waals surface area contributed by atoms with Crippen LogP contribution in [0.15, 0.2) is 36.4 Å². The van der Waals surface area contributed by atoms with E-state index in [1.165, 1.54) is 16.2 Å². The third-order valence-electron chi connectivity index (χ3n) is 3.59. The lowest BCUT2D eigenvalue weighted by molar-refractivity contribution is -0.118. The molecule has 0 atom stereocenters. The van der Waals surface area contributed by atoms with Gasteiger partial charge in [-0.2, -0.15) is 0 Å². The molecule has 0 unspecified atom stereocenters. The van der Waals surface area contributed by atoms with E-state index in [1.54, 1.807) is 13.1 Å². The molecule has 0 aliphatic carbocycles. The number of rotatable bonds is 6. The van der Waals surface area contributed by atoms with Gasteiger partial charge in [0, 0.05) is 18.3 Å². The maximum Gasteiger partial charge on any atom is 0.512 e. The summed E-state index contributed by atoms with van der Waals surface area (Å²) < 4.78 is 4.89. The molecule has 1 aromatic carbocycles. The highest BCUT2D eigenvalue weighted by molar-refractivity contribution is 7.18. The first kappa shape index (κ1) is 18.0. The van der Waals surface area contributed by atoms with Crippen molar-refractivity contribution in [2.24, 2.45) is 5.92 Å². The van der Waals surface area contributed by atoms with Gasteiger partial charge in [-0.05, 0) is 24.0 Å². The molecule has 1 amide bonds. The molecule has 2 rings (SSSR count). The van der Waals surface area contributed by atoms with Crippen LogP contribution in [0.25, 0.3) is 10.4 Å². The fourth-order valence-electron chi connectivity index (χ4n) is 2.21. The Kier molecular flexibility index (Phi) is 5.98. The Morgan fingerprint density at radius 2 is 1.92 bits per heavy atom. The van der Waals surface area contributed by atoms with Gasteiger partial charge in [0.25, 0.3) is 0 Å². The highest BCUT2D eigenvalue weighted by atomic mass is 32.1. The van der Waals surface area contributed by atoms with Gasteiger partial charge in [0.05, 0.1) is 5.69 Å². The SMILES string of the molecule is CC(C)CCC(=O)N(C)c1cc(-c2ccccc2)sc1OC(=O)O. The van der Waals surface area contributed by atoms with Crippen LogP contribution in [-0.2, 0) is 4.79 Å². The van der Waals surface area contributed by atoms with Crippen molar-refractivity contribution in [3.8, 4) is 15.5 Å². The predicted octanol–water partition coefficient (Wildman–Crippen LogP) is 4.87. The Morgan fingerprint density at radius 3 is 2.50 bits per heavy atom. The van der Waals surface area contributed by atoms with Gasteiger partial charge in [-0.25, -0.2) is 4.79 Å². The van der Waals surface area contributed by atoms with E-state index in [9.17, 15) is 9.59 Å². The summed E-state index contributed by atoms with van der Waals surface area (Å²) in [6.07, 6.45) is -0.189. The van der Waals surface area contributed by atoms with Gasteiger partial charge in [0.15, 0.2) is 0 Å². The molecular weight excluding hydrogens is 326 g/mol. The number of carbonyl (C=O) groups is 2. The summed E-state index contributed by atoms with van der Waals surface area (Å²) in [5.41, 5.74) is 1.43. The number of hydrogen-bond acceptors (Lipinski definition) is 4. The molecule has 0 fully saturated rings. The maximum absolute atomic E-state index is 12.4. The molecule has 2 aromatic rings. The zero-order chi connectivity index (χ0) is 17.7. The lowest BCUT2D eigenvalue weighted by Crippen LogP contribution is -2.26. The number of nitrogens with zero attached hydrogens (tertiary/aromatic N) is 1. The molecule has 6 heteroatoms. The Hall–Kier alpha value is -2.34. The highest BCUT2D eigenvalue weighted by Crippen LogP contribution is 2.42. The fourth-order valence-corrected chi connectivity index (χ4v) is 3.25. The molecule has 0 aliphatic heterocycles. The normalized spacial score (nSPS) is 10.7. The molecule has 1 aromatic heterocycles. The van der Waals surface area contributed by atoms with E-state index < -0.39 is 6.16 Å². The van der Waals surface area contributed by atoms with Crippen molar-refractivity contribution in [3.05, 3.63) is 36.4 Å². The topological polar surface area (TPSA) is 66.8 Å². The number of benzene rings is 1. The van der Waals surface area contributed by atoms with Crippen LogP contribution in [0.1, 0.15) is 26.7 Å². The first-order valence-electron chi connectivity index (χ1n) is 7.75. The standard InChI is InChI=1S/C18H21NO4S/c1-12(2)9-10-16(20)19(3)14-11-15(13-7-5-4-6-8-13)24-17(14)23-18(21)22/h4-8,11-12H,9-10H2,1-3H3,(H,21,22). The summed E-state index contributed by atoms with van der Waals surface area (Å²) in [5.74, 6) is 0.371. The van der Waals surface area contributed by atoms with E-state index in [4.69, 9.17) is 9.84 Å². The van der Waals surface area contributed by atoms with Gasteiger partial charge < -0.3 is 14.7 Å². The van der Waals surface area contributed by atoms with E-state index in [0.29, 0.717) is 18.0 Å². The van der Waals surface area contributed by atoms with Crippen LogP contribution in [0, 0.1) is 5.92 Å². The summed E-state index contributed by atoms with van der Waals surface area (Å²) in [5, 5.41) is 9.16. The number of hydrogen-bond donors (Lipinski definition) is 1. The van der Waals surface area contributed by atoms with Crippen LogP contribution in [0.2, 0.25) is 0 Å². The lowest BCUT2D eigenvalue weighted by Gasteiger charge is -2.17. The van der Waals surface area contributed by atoms with E-state index >= 15 is 0 Å². The smallest absolute Gasteiger partial charge is 0.449 e. The molecule has 0 aliphatic rings. The minimum absolute atomic E-state index is 0.0589. The average Bonchev–Trinajstić information content (AvgIpc) is 2.95. The van der Waals surface area contributed by atoms with Gasteiger partial charge in [-0.15, -0.1) is 0 Å². The minimum Gasteiger partial charge on any atom is -0.449 e. The molecule has 1 heterocycles. The molecule has 0 bridgehead atoms. The second-order valence-electron chi connectivity index (χ2n) is 5.90. The third kappa shape index (κ3) is 4.58. The van der Waals surface area contributed by atoms with Crippen LogP contribution in [0.5, 0.6) is 5.06 Å². The Labute approximate surface area is 145 Å². The second kappa shape index (κ2) is 7.97. The highest BCUT2D eigenvalue weighted by Gasteiger charge is 2.21. The number of ether oxygens (including phenoxy) is 1. The number of amides is 1. The zero-order valence-electron chi connectivity index (χ0n) is 14.0. The Bertz CT molecular complexity index is 709. The number of thiophene rings is 1. The number of carboxylic acid groups (broad SMARTS) is 1. The summed E-state index contributed by atoms with van der Waals surface area (Å²) in [6, 6.07) is 11.4. The van der Waals surface area contributed by atoms with Gasteiger partial charge >= 0.3 is 6.16 Å². The van der Waals surface area contributed by atoms with Crippen LogP contribution in [-0.4, -0.2) is 24.2 Å². The average molecular weight is 347 g/mol. The van der Waals surface area contributed by atoms with Gasteiger partial charge in [-0.3, -0.25) is 4.79 Å². The molecule has 1 N–H and O–H groups in total. The van der Waals surface area contributed by atoms with E-state index in [-0.39, 0.29) is 11.0 Å². The molecule has 0 radical (unpaired) electrons. The van der Waals surface area contributed by atoms with Crippen molar-refractivity contribution in [2.75, 3.05) is 11.9 Å². The van der Waals surface area contributed by atoms with E-state index in [2.05, 4.69) is 13.8 Å². The van der Waals surface area contributed by atoms with Gasteiger partial charge in [0.2, 0.25) is 11.0 Å². The zero-order valence-corrected chi connectivity index (χ0v) is 14.8. The quantitative estimate of drug-likeness (QED) is 0.757. The van der Waals surface area contributed by atoms with Crippen LogP contribution < -0.4 is 9.64 Å². The van der Waals surface area contributed by atoms with Crippen molar-refractivity contribution >= 4 is 29.1 Å². The Morgan fingerprint density at radius 1 is 1.25 bits per heavy atom.